The molecule has 8 heteroatoms. The van der Waals surface area contributed by atoms with E-state index in [4.69, 9.17) is 4.74 Å². The van der Waals surface area contributed by atoms with E-state index in [0.29, 0.717) is 44.4 Å². The lowest BCUT2D eigenvalue weighted by Crippen LogP contribution is -2.46. The molecule has 2 amide bonds. The lowest BCUT2D eigenvalue weighted by atomic mass is 9.96. The predicted octanol–water partition coefficient (Wildman–Crippen LogP) is 1.71. The van der Waals surface area contributed by atoms with Gasteiger partial charge in [0.15, 0.2) is 5.69 Å². The average molecular weight is 390 g/mol. The van der Waals surface area contributed by atoms with Crippen molar-refractivity contribution in [2.45, 2.75) is 64.0 Å². The summed E-state index contributed by atoms with van der Waals surface area (Å²) in [6.07, 6.45) is 10.4. The summed E-state index contributed by atoms with van der Waals surface area (Å²) in [6.45, 7) is 3.93. The molecule has 1 aromatic heterocycles. The average Bonchev–Trinajstić information content (AvgIpc) is 3.44. The summed E-state index contributed by atoms with van der Waals surface area (Å²) in [5, 5.41) is 8.22. The van der Waals surface area contributed by atoms with Crippen LogP contribution in [-0.2, 0) is 16.1 Å². The summed E-state index contributed by atoms with van der Waals surface area (Å²) < 4.78 is 7.05. The number of carbonyl (C=O) groups is 2. The van der Waals surface area contributed by atoms with Crippen LogP contribution in [0, 0.1) is 5.92 Å². The Morgan fingerprint density at radius 2 is 1.79 bits per heavy atom. The number of piperidine rings is 1. The van der Waals surface area contributed by atoms with Crippen LogP contribution in [0.2, 0.25) is 0 Å². The molecule has 3 heterocycles. The second kappa shape index (κ2) is 9.03. The molecule has 3 fully saturated rings. The van der Waals surface area contributed by atoms with E-state index in [-0.39, 0.29) is 17.9 Å². The van der Waals surface area contributed by atoms with Gasteiger partial charge in [-0.3, -0.25) is 14.3 Å². The molecule has 0 N–H and O–H groups in total. The highest BCUT2D eigenvalue weighted by atomic mass is 16.5. The number of nitrogens with zero attached hydrogens (tertiary/aromatic N) is 5. The number of morpholine rings is 1. The predicted molar refractivity (Wildman–Crippen MR) is 103 cm³/mol. The highest BCUT2D eigenvalue weighted by molar-refractivity contribution is 5.92. The van der Waals surface area contributed by atoms with E-state index in [0.717, 1.165) is 38.6 Å². The summed E-state index contributed by atoms with van der Waals surface area (Å²) in [5.74, 6) is 0.527. The summed E-state index contributed by atoms with van der Waals surface area (Å²) >= 11 is 0. The first-order valence-corrected chi connectivity index (χ1v) is 10.8. The second-order valence-electron chi connectivity index (χ2n) is 8.22. The van der Waals surface area contributed by atoms with Gasteiger partial charge in [-0.25, -0.2) is 0 Å². The first-order chi connectivity index (χ1) is 13.7. The molecule has 28 heavy (non-hydrogen) atoms. The number of hydrogen-bond donors (Lipinski definition) is 0. The third-order valence-corrected chi connectivity index (χ3v) is 6.36. The molecule has 1 aliphatic carbocycles. The first-order valence-electron chi connectivity index (χ1n) is 10.8. The Balaban J connectivity index is 1.33. The summed E-state index contributed by atoms with van der Waals surface area (Å²) in [4.78, 5) is 29.3. The Morgan fingerprint density at radius 1 is 1.04 bits per heavy atom. The molecule has 0 radical (unpaired) electrons. The van der Waals surface area contributed by atoms with E-state index in [1.807, 2.05) is 0 Å². The minimum absolute atomic E-state index is 0.0785. The van der Waals surface area contributed by atoms with Gasteiger partial charge in [0.25, 0.3) is 5.91 Å². The standard InChI is InChI=1S/C20H31N5O3/c26-19(16-5-1-2-6-16)25-9-4-3-7-17(25)8-10-24-15-18(21-22-24)20(27)23-11-13-28-14-12-23/h15-17H,1-14H2. The number of carbonyl (C=O) groups excluding carboxylic acids is 2. The highest BCUT2D eigenvalue weighted by Crippen LogP contribution is 2.30. The van der Waals surface area contributed by atoms with Crippen LogP contribution in [-0.4, -0.2) is 75.5 Å². The fraction of sp³-hybridized carbons (Fsp3) is 0.800. The Bertz CT molecular complexity index is 679. The van der Waals surface area contributed by atoms with Crippen molar-refractivity contribution in [3.8, 4) is 0 Å². The van der Waals surface area contributed by atoms with E-state index in [2.05, 4.69) is 15.2 Å². The van der Waals surface area contributed by atoms with Crippen molar-refractivity contribution < 1.29 is 14.3 Å². The van der Waals surface area contributed by atoms with Gasteiger partial charge in [0.1, 0.15) is 0 Å². The van der Waals surface area contributed by atoms with Crippen LogP contribution >= 0.6 is 0 Å². The van der Waals surface area contributed by atoms with Crippen molar-refractivity contribution >= 4 is 11.8 Å². The molecule has 8 nitrogen and oxygen atoms in total. The first kappa shape index (κ1) is 19.4. The van der Waals surface area contributed by atoms with Gasteiger partial charge in [-0.1, -0.05) is 18.1 Å². The van der Waals surface area contributed by atoms with Gasteiger partial charge in [-0.05, 0) is 38.5 Å². The zero-order chi connectivity index (χ0) is 19.3. The molecule has 0 bridgehead atoms. The van der Waals surface area contributed by atoms with E-state index >= 15 is 0 Å². The van der Waals surface area contributed by atoms with E-state index < -0.39 is 0 Å². The van der Waals surface area contributed by atoms with Gasteiger partial charge in [-0.15, -0.1) is 5.10 Å². The maximum atomic E-state index is 12.9. The number of hydrogen-bond acceptors (Lipinski definition) is 5. The van der Waals surface area contributed by atoms with Crippen molar-refractivity contribution in [1.82, 2.24) is 24.8 Å². The number of rotatable bonds is 5. The quantitative estimate of drug-likeness (QED) is 0.766. The fourth-order valence-corrected chi connectivity index (χ4v) is 4.71. The van der Waals surface area contributed by atoms with Crippen LogP contribution in [0.15, 0.2) is 6.20 Å². The molecule has 0 spiro atoms. The summed E-state index contributed by atoms with van der Waals surface area (Å²) in [5.41, 5.74) is 0.393. The van der Waals surface area contributed by atoms with Crippen molar-refractivity contribution in [1.29, 1.82) is 0 Å². The van der Waals surface area contributed by atoms with Crippen molar-refractivity contribution in [2.75, 3.05) is 32.8 Å². The van der Waals surface area contributed by atoms with Gasteiger partial charge < -0.3 is 14.5 Å². The Labute approximate surface area is 166 Å². The maximum absolute atomic E-state index is 12.9. The molecule has 1 atom stereocenters. The Hall–Kier alpha value is -1.96. The largest absolute Gasteiger partial charge is 0.378 e. The molecule has 1 aromatic rings. The van der Waals surface area contributed by atoms with Crippen LogP contribution in [0.3, 0.4) is 0 Å². The molecule has 2 saturated heterocycles. The van der Waals surface area contributed by atoms with E-state index in [1.165, 1.54) is 19.3 Å². The van der Waals surface area contributed by atoms with Crippen LogP contribution in [0.4, 0.5) is 0 Å². The number of amides is 2. The van der Waals surface area contributed by atoms with E-state index in [9.17, 15) is 9.59 Å². The van der Waals surface area contributed by atoms with Crippen LogP contribution in [0.5, 0.6) is 0 Å². The van der Waals surface area contributed by atoms with Crippen LogP contribution in [0.25, 0.3) is 0 Å². The highest BCUT2D eigenvalue weighted by Gasteiger charge is 2.32. The Kier molecular flexibility index (Phi) is 6.24. The van der Waals surface area contributed by atoms with Gasteiger partial charge in [0, 0.05) is 38.1 Å². The molecule has 154 valence electrons. The molecule has 1 saturated carbocycles. The number of aryl methyl sites for hydroxylation is 1. The summed E-state index contributed by atoms with van der Waals surface area (Å²) in [6, 6.07) is 0.282. The fourth-order valence-electron chi connectivity index (χ4n) is 4.71. The molecule has 0 aromatic carbocycles. The molecule has 1 unspecified atom stereocenters. The zero-order valence-corrected chi connectivity index (χ0v) is 16.6. The monoisotopic (exact) mass is 389 g/mol. The molecule has 4 rings (SSSR count). The summed E-state index contributed by atoms with van der Waals surface area (Å²) in [7, 11) is 0. The van der Waals surface area contributed by atoms with Gasteiger partial charge in [0.05, 0.1) is 19.4 Å². The third kappa shape index (κ3) is 4.37. The van der Waals surface area contributed by atoms with Crippen LogP contribution < -0.4 is 0 Å². The van der Waals surface area contributed by atoms with Gasteiger partial charge in [0.2, 0.25) is 5.91 Å². The number of likely N-dealkylation sites (tertiary alicyclic amines) is 1. The minimum atomic E-state index is -0.0785. The molecular weight excluding hydrogens is 358 g/mol. The van der Waals surface area contributed by atoms with Crippen LogP contribution in [0.1, 0.15) is 61.9 Å². The van der Waals surface area contributed by atoms with Crippen molar-refractivity contribution in [3.05, 3.63) is 11.9 Å². The van der Waals surface area contributed by atoms with Crippen molar-refractivity contribution in [2.24, 2.45) is 5.92 Å². The Morgan fingerprint density at radius 3 is 2.57 bits per heavy atom. The minimum Gasteiger partial charge on any atom is -0.378 e. The van der Waals surface area contributed by atoms with Crippen molar-refractivity contribution in [3.63, 3.8) is 0 Å². The normalized spacial score (nSPS) is 23.9. The number of ether oxygens (including phenoxy) is 1. The topological polar surface area (TPSA) is 80.6 Å². The van der Waals surface area contributed by atoms with E-state index in [1.54, 1.807) is 15.8 Å². The maximum Gasteiger partial charge on any atom is 0.276 e. The number of aromatic nitrogens is 3. The smallest absolute Gasteiger partial charge is 0.276 e. The SMILES string of the molecule is O=C(c1cn(CCC2CCCCN2C(=O)C2CCCC2)nn1)N1CCOCC1. The second-order valence-corrected chi connectivity index (χ2v) is 8.22. The lowest BCUT2D eigenvalue weighted by molar-refractivity contribution is -0.139. The molecular formula is C20H31N5O3. The molecule has 3 aliphatic rings. The van der Waals surface area contributed by atoms with Gasteiger partial charge in [-0.2, -0.15) is 0 Å². The lowest BCUT2D eigenvalue weighted by Gasteiger charge is -2.37. The molecule has 2 aliphatic heterocycles. The third-order valence-electron chi connectivity index (χ3n) is 6.36. The zero-order valence-electron chi connectivity index (χ0n) is 16.6. The van der Waals surface area contributed by atoms with Gasteiger partial charge >= 0.3 is 0 Å².